The monoisotopic (exact) mass is 281 g/mol. The van der Waals surface area contributed by atoms with Crippen molar-refractivity contribution in [3.63, 3.8) is 0 Å². The normalized spacial score (nSPS) is 11.6. The molecule has 78 valence electrons. The van der Waals surface area contributed by atoms with Crippen molar-refractivity contribution in [2.24, 2.45) is 5.14 Å². The van der Waals surface area contributed by atoms with Gasteiger partial charge in [-0.25, -0.2) is 17.9 Å². The summed E-state index contributed by atoms with van der Waals surface area (Å²) in [4.78, 5) is -0.0236. The molecule has 2 N–H and O–H groups in total. The zero-order chi connectivity index (χ0) is 10.8. The maximum Gasteiger partial charge on any atom is 0.238 e. The maximum atomic E-state index is 12.3. The largest absolute Gasteiger partial charge is 0.246 e. The van der Waals surface area contributed by atoms with E-state index in [0.29, 0.717) is 16.5 Å². The molecule has 1 aromatic rings. The number of hydrogen-bond donors (Lipinski definition) is 1. The molecule has 1 rings (SSSR count). The van der Waals surface area contributed by atoms with Gasteiger partial charge in [0.1, 0.15) is 6.67 Å². The van der Waals surface area contributed by atoms with Crippen LogP contribution in [0.3, 0.4) is 0 Å². The Balaban J connectivity index is 3.37. The highest BCUT2D eigenvalue weighted by atomic mass is 79.9. The van der Waals surface area contributed by atoms with Crippen molar-refractivity contribution in [2.75, 3.05) is 0 Å². The van der Waals surface area contributed by atoms with Crippen LogP contribution in [0.5, 0.6) is 0 Å². The zero-order valence-electron chi connectivity index (χ0n) is 7.20. The van der Waals surface area contributed by atoms with E-state index in [4.69, 9.17) is 5.14 Å². The van der Waals surface area contributed by atoms with Crippen molar-refractivity contribution in [2.45, 2.75) is 16.9 Å². The van der Waals surface area contributed by atoms with E-state index >= 15 is 0 Å². The molecule has 0 radical (unpaired) electrons. The number of alkyl halides is 2. The average Bonchev–Trinajstić information content (AvgIpc) is 2.15. The van der Waals surface area contributed by atoms with Gasteiger partial charge >= 0.3 is 0 Å². The molecule has 0 aliphatic rings. The molecule has 0 atom stereocenters. The van der Waals surface area contributed by atoms with E-state index in [0.717, 1.165) is 0 Å². The summed E-state index contributed by atoms with van der Waals surface area (Å²) in [6.07, 6.45) is 0. The number of hydrogen-bond acceptors (Lipinski definition) is 2. The molecule has 0 fully saturated rings. The number of sulfonamides is 1. The average molecular weight is 282 g/mol. The lowest BCUT2D eigenvalue weighted by atomic mass is 10.2. The molecule has 0 aromatic heterocycles. The highest BCUT2D eigenvalue weighted by Gasteiger charge is 2.13. The van der Waals surface area contributed by atoms with Crippen LogP contribution in [0.1, 0.15) is 11.1 Å². The minimum atomic E-state index is -3.77. The molecule has 3 nitrogen and oxygen atoms in total. The Hall–Kier alpha value is -0.460. The summed E-state index contributed by atoms with van der Waals surface area (Å²) in [6.45, 7) is -0.703. The summed E-state index contributed by atoms with van der Waals surface area (Å²) < 4.78 is 34.5. The van der Waals surface area contributed by atoms with Crippen LogP contribution in [0.15, 0.2) is 23.1 Å². The highest BCUT2D eigenvalue weighted by molar-refractivity contribution is 9.08. The molecule has 1 aromatic carbocycles. The number of rotatable bonds is 3. The zero-order valence-corrected chi connectivity index (χ0v) is 9.61. The van der Waals surface area contributed by atoms with Crippen molar-refractivity contribution < 1.29 is 12.8 Å². The lowest BCUT2D eigenvalue weighted by molar-refractivity contribution is 0.484. The van der Waals surface area contributed by atoms with Gasteiger partial charge in [-0.1, -0.05) is 28.1 Å². The molecular formula is C8H9BrFNO2S. The molecule has 6 heteroatoms. The van der Waals surface area contributed by atoms with Crippen LogP contribution in [0.2, 0.25) is 0 Å². The fourth-order valence-corrected chi connectivity index (χ4v) is 2.55. The third-order valence-electron chi connectivity index (χ3n) is 1.74. The third-order valence-corrected chi connectivity index (χ3v) is 3.33. The maximum absolute atomic E-state index is 12.3. The first-order chi connectivity index (χ1) is 6.49. The Labute approximate surface area is 90.3 Å². The second kappa shape index (κ2) is 4.37. The van der Waals surface area contributed by atoms with Crippen molar-refractivity contribution in [3.8, 4) is 0 Å². The Kier molecular flexibility index (Phi) is 3.63. The van der Waals surface area contributed by atoms with Crippen LogP contribution in [0.25, 0.3) is 0 Å². The van der Waals surface area contributed by atoms with Gasteiger partial charge in [0, 0.05) is 5.33 Å². The topological polar surface area (TPSA) is 60.2 Å². The quantitative estimate of drug-likeness (QED) is 0.858. The molecule has 0 aliphatic heterocycles. The van der Waals surface area contributed by atoms with Gasteiger partial charge in [0.25, 0.3) is 0 Å². The lowest BCUT2D eigenvalue weighted by Gasteiger charge is -2.05. The van der Waals surface area contributed by atoms with Gasteiger partial charge in [-0.15, -0.1) is 0 Å². The molecule has 0 saturated heterocycles. The van der Waals surface area contributed by atoms with E-state index in [-0.39, 0.29) is 4.90 Å². The van der Waals surface area contributed by atoms with Crippen LogP contribution < -0.4 is 5.14 Å². The molecule has 0 aliphatic carbocycles. The third kappa shape index (κ3) is 2.52. The number of benzene rings is 1. The van der Waals surface area contributed by atoms with Crippen LogP contribution in [-0.2, 0) is 22.0 Å². The van der Waals surface area contributed by atoms with Crippen molar-refractivity contribution >= 4 is 26.0 Å². The first-order valence-corrected chi connectivity index (χ1v) is 6.42. The fraction of sp³-hybridized carbons (Fsp3) is 0.250. The molecule has 0 spiro atoms. The van der Waals surface area contributed by atoms with Gasteiger partial charge < -0.3 is 0 Å². The molecule has 0 saturated carbocycles. The first-order valence-electron chi connectivity index (χ1n) is 3.75. The smallest absolute Gasteiger partial charge is 0.238 e. The molecule has 0 bridgehead atoms. The van der Waals surface area contributed by atoms with Crippen molar-refractivity contribution in [1.29, 1.82) is 0 Å². The predicted molar refractivity (Wildman–Crippen MR) is 55.3 cm³/mol. The molecule has 0 heterocycles. The van der Waals surface area contributed by atoms with Gasteiger partial charge in [-0.05, 0) is 17.2 Å². The Morgan fingerprint density at radius 1 is 1.43 bits per heavy atom. The van der Waals surface area contributed by atoms with Crippen molar-refractivity contribution in [3.05, 3.63) is 29.3 Å². The summed E-state index contributed by atoms with van der Waals surface area (Å²) in [5.41, 5.74) is 0.837. The van der Waals surface area contributed by atoms with Gasteiger partial charge in [-0.3, -0.25) is 0 Å². The summed E-state index contributed by atoms with van der Waals surface area (Å²) in [5, 5.41) is 5.35. The molecule has 0 amide bonds. The van der Waals surface area contributed by atoms with E-state index in [9.17, 15) is 12.8 Å². The molecular weight excluding hydrogens is 273 g/mol. The van der Waals surface area contributed by atoms with Crippen LogP contribution in [0.4, 0.5) is 4.39 Å². The lowest BCUT2D eigenvalue weighted by Crippen LogP contribution is -2.14. The molecule has 0 unspecified atom stereocenters. The SMILES string of the molecule is NS(=O)(=O)c1cc(CF)ccc1CBr. The second-order valence-electron chi connectivity index (χ2n) is 2.75. The van der Waals surface area contributed by atoms with Crippen LogP contribution in [0, 0.1) is 0 Å². The Morgan fingerprint density at radius 2 is 2.07 bits per heavy atom. The Bertz CT molecular complexity index is 433. The Morgan fingerprint density at radius 3 is 2.50 bits per heavy atom. The second-order valence-corrected chi connectivity index (χ2v) is 4.84. The number of primary sulfonamides is 1. The number of halogens is 2. The van der Waals surface area contributed by atoms with Gasteiger partial charge in [0.15, 0.2) is 0 Å². The highest BCUT2D eigenvalue weighted by Crippen LogP contribution is 2.19. The van der Waals surface area contributed by atoms with Crippen molar-refractivity contribution in [1.82, 2.24) is 0 Å². The van der Waals surface area contributed by atoms with E-state index in [1.807, 2.05) is 0 Å². The fourth-order valence-electron chi connectivity index (χ4n) is 1.06. The van der Waals surface area contributed by atoms with Gasteiger partial charge in [0.05, 0.1) is 4.90 Å². The van der Waals surface area contributed by atoms with E-state index < -0.39 is 16.7 Å². The van der Waals surface area contributed by atoms with E-state index in [2.05, 4.69) is 15.9 Å². The summed E-state index contributed by atoms with van der Waals surface area (Å²) in [6, 6.07) is 4.33. The summed E-state index contributed by atoms with van der Waals surface area (Å²) >= 11 is 3.13. The minimum absolute atomic E-state index is 0.0236. The summed E-state index contributed by atoms with van der Waals surface area (Å²) in [7, 11) is -3.77. The minimum Gasteiger partial charge on any atom is -0.246 e. The predicted octanol–water partition coefficient (Wildman–Crippen LogP) is 1.70. The van der Waals surface area contributed by atoms with E-state index in [1.165, 1.54) is 12.1 Å². The van der Waals surface area contributed by atoms with Gasteiger partial charge in [0.2, 0.25) is 10.0 Å². The summed E-state index contributed by atoms with van der Waals surface area (Å²) in [5.74, 6) is 0. The first kappa shape index (κ1) is 11.6. The standard InChI is InChI=1S/C8H9BrFNO2S/c9-4-7-2-1-6(5-10)3-8(7)14(11,12)13/h1-3H,4-5H2,(H2,11,12,13). The van der Waals surface area contributed by atoms with Gasteiger partial charge in [-0.2, -0.15) is 0 Å². The van der Waals surface area contributed by atoms with E-state index in [1.54, 1.807) is 6.07 Å². The number of nitrogens with two attached hydrogens (primary N) is 1. The van der Waals surface area contributed by atoms with Crippen LogP contribution in [-0.4, -0.2) is 8.42 Å². The molecule has 14 heavy (non-hydrogen) atoms. The van der Waals surface area contributed by atoms with Crippen LogP contribution >= 0.6 is 15.9 Å².